The molecule has 15 nitrogen and oxygen atoms in total. The summed E-state index contributed by atoms with van der Waals surface area (Å²) in [5.41, 5.74) is 0. The highest BCUT2D eigenvalue weighted by atomic mass is 32.2. The molecule has 0 aliphatic carbocycles. The zero-order valence-corrected chi connectivity index (χ0v) is 42.9. The third-order valence-electron chi connectivity index (χ3n) is 6.70. The van der Waals surface area contributed by atoms with Crippen LogP contribution >= 0.6 is 95.9 Å². The molecule has 0 amide bonds. The third kappa shape index (κ3) is 46.8. The molecule has 0 aromatic heterocycles. The van der Waals surface area contributed by atoms with Crippen LogP contribution in [-0.4, -0.2) is 211 Å². The SMILES string of the molecule is CCOC(=S)SCCOCCOCC(COCCOCCSC(=S)OCC)OCCOCCOC(COCCOCCSC(=S)OCC)COCCOCCSC(=S)OCC. The van der Waals surface area contributed by atoms with Crippen molar-refractivity contribution in [3.8, 4) is 0 Å². The Morgan fingerprint density at radius 2 is 0.525 bits per heavy atom. The minimum atomic E-state index is -0.303. The molecule has 0 spiro atoms. The molecule has 0 saturated carbocycles. The molecule has 23 heteroatoms. The lowest BCUT2D eigenvalue weighted by atomic mass is 10.4. The summed E-state index contributed by atoms with van der Waals surface area (Å²) in [5.74, 6) is 2.87. The third-order valence-corrected chi connectivity index (χ3v) is 11.5. The van der Waals surface area contributed by atoms with Gasteiger partial charge >= 0.3 is 0 Å². The molecule has 0 heterocycles. The molecule has 0 aliphatic rings. The number of hydrogen-bond acceptors (Lipinski definition) is 23. The standard InChI is InChI=1S/C38H70O15S8/c1-5-48-35(54)58-25-21-40-9-13-44-29-33(30-45-14-10-41-22-26-59-36(55)49-6-2)52-19-17-39-18-20-53-34(31-46-15-11-42-23-27-60-37(56)50-7-3)32-47-16-12-43-24-28-61-38(57)51-8-4/h33-34H,5-32H2,1-4H3. The molecular formula is C38H70O15S8. The summed E-state index contributed by atoms with van der Waals surface area (Å²) in [6.45, 7) is 18.3. The average molecular weight is 1020 g/mol. The van der Waals surface area contributed by atoms with E-state index < -0.39 is 0 Å². The van der Waals surface area contributed by atoms with E-state index in [2.05, 4.69) is 0 Å². The van der Waals surface area contributed by atoms with Crippen LogP contribution in [0.1, 0.15) is 27.7 Å². The number of ether oxygens (including phenoxy) is 15. The predicted molar refractivity (Wildman–Crippen MR) is 264 cm³/mol. The van der Waals surface area contributed by atoms with Crippen LogP contribution in [-0.2, 0) is 71.1 Å². The number of thiocarbonyl (C=S) groups is 4. The molecule has 0 aromatic rings. The molecule has 0 radical (unpaired) electrons. The van der Waals surface area contributed by atoms with Crippen molar-refractivity contribution in [2.24, 2.45) is 0 Å². The Morgan fingerprint density at radius 3 is 0.770 bits per heavy atom. The largest absolute Gasteiger partial charge is 0.479 e. The van der Waals surface area contributed by atoms with E-state index in [0.717, 1.165) is 23.0 Å². The highest BCUT2D eigenvalue weighted by Crippen LogP contribution is 2.08. The second-order valence-corrected chi connectivity index (χ2v) is 18.3. The number of thioether (sulfide) groups is 4. The molecule has 0 fully saturated rings. The summed E-state index contributed by atoms with van der Waals surface area (Å²) in [6, 6.07) is 0. The van der Waals surface area contributed by atoms with Crippen molar-refractivity contribution < 1.29 is 71.1 Å². The quantitative estimate of drug-likeness (QED) is 0.0511. The van der Waals surface area contributed by atoms with Crippen molar-refractivity contribution in [1.82, 2.24) is 0 Å². The molecule has 0 aromatic carbocycles. The normalized spacial score (nSPS) is 11.4. The van der Waals surface area contributed by atoms with Gasteiger partial charge in [-0.25, -0.2) is 0 Å². The first kappa shape index (κ1) is 61.5. The molecule has 360 valence electrons. The van der Waals surface area contributed by atoms with Crippen LogP contribution in [0.4, 0.5) is 0 Å². The monoisotopic (exact) mass is 1020 g/mol. The fraction of sp³-hybridized carbons (Fsp3) is 0.895. The van der Waals surface area contributed by atoms with Crippen molar-refractivity contribution in [2.75, 3.05) is 182 Å². The summed E-state index contributed by atoms with van der Waals surface area (Å²) >= 11 is 26.3. The van der Waals surface area contributed by atoms with Gasteiger partial charge in [0.1, 0.15) is 12.2 Å². The van der Waals surface area contributed by atoms with Gasteiger partial charge in [0.25, 0.3) is 0 Å². The molecule has 0 N–H and O–H groups in total. The fourth-order valence-electron chi connectivity index (χ4n) is 4.05. The molecule has 0 unspecified atom stereocenters. The highest BCUT2D eigenvalue weighted by Gasteiger charge is 2.13. The van der Waals surface area contributed by atoms with Crippen LogP contribution in [0.2, 0.25) is 0 Å². The van der Waals surface area contributed by atoms with Gasteiger partial charge in [-0.1, -0.05) is 47.0 Å². The summed E-state index contributed by atoms with van der Waals surface area (Å²) in [5, 5.41) is 0. The molecule has 0 bridgehead atoms. The summed E-state index contributed by atoms with van der Waals surface area (Å²) < 4.78 is 87.0. The van der Waals surface area contributed by atoms with E-state index in [9.17, 15) is 0 Å². The van der Waals surface area contributed by atoms with Crippen LogP contribution in [0, 0.1) is 0 Å². The molecule has 0 aliphatic heterocycles. The first-order valence-corrected chi connectivity index (χ1v) is 26.0. The van der Waals surface area contributed by atoms with Gasteiger partial charge in [0.15, 0.2) is 0 Å². The highest BCUT2D eigenvalue weighted by molar-refractivity contribution is 8.23. The van der Waals surface area contributed by atoms with Gasteiger partial charge < -0.3 is 71.1 Å². The lowest BCUT2D eigenvalue weighted by molar-refractivity contribution is -0.0958. The van der Waals surface area contributed by atoms with Crippen LogP contribution in [0.3, 0.4) is 0 Å². The lowest BCUT2D eigenvalue weighted by Gasteiger charge is -2.20. The Bertz CT molecular complexity index is 885. The van der Waals surface area contributed by atoms with Gasteiger partial charge in [-0.2, -0.15) is 0 Å². The van der Waals surface area contributed by atoms with E-state index in [1.807, 2.05) is 27.7 Å². The predicted octanol–water partition coefficient (Wildman–Crippen LogP) is 6.12. The van der Waals surface area contributed by atoms with E-state index in [-0.39, 0.29) is 12.2 Å². The van der Waals surface area contributed by atoms with E-state index in [1.165, 1.54) is 47.0 Å². The second kappa shape index (κ2) is 49.9. The Hall–Kier alpha value is 0.520. The fourth-order valence-corrected chi connectivity index (χ4v) is 7.80. The topological polar surface area (TPSA) is 138 Å². The minimum absolute atomic E-state index is 0.303. The van der Waals surface area contributed by atoms with Crippen molar-refractivity contribution in [1.29, 1.82) is 0 Å². The van der Waals surface area contributed by atoms with Crippen LogP contribution in [0.25, 0.3) is 0 Å². The maximum Gasteiger partial charge on any atom is 0.220 e. The maximum atomic E-state index is 6.05. The van der Waals surface area contributed by atoms with Crippen molar-refractivity contribution >= 4 is 113 Å². The smallest absolute Gasteiger partial charge is 0.220 e. The molecular weight excluding hydrogens is 953 g/mol. The van der Waals surface area contributed by atoms with Gasteiger partial charge in [0, 0.05) is 23.0 Å². The van der Waals surface area contributed by atoms with Gasteiger partial charge in [0.05, 0.1) is 159 Å². The lowest BCUT2D eigenvalue weighted by Crippen LogP contribution is -2.30. The zero-order valence-electron chi connectivity index (χ0n) is 36.3. The number of hydrogen-bond donors (Lipinski definition) is 0. The summed E-state index contributed by atoms with van der Waals surface area (Å²) in [7, 11) is 0. The molecule has 0 saturated heterocycles. The molecule has 61 heavy (non-hydrogen) atoms. The molecule has 0 rings (SSSR count). The molecule has 0 atom stereocenters. The first-order valence-electron chi connectivity index (χ1n) is 20.5. The Morgan fingerprint density at radius 1 is 0.311 bits per heavy atom. The summed E-state index contributed by atoms with van der Waals surface area (Å²) in [4.78, 5) is 0. The van der Waals surface area contributed by atoms with Gasteiger partial charge in [-0.05, 0) is 76.6 Å². The van der Waals surface area contributed by atoms with E-state index in [0.29, 0.717) is 176 Å². The van der Waals surface area contributed by atoms with Crippen LogP contribution in [0.5, 0.6) is 0 Å². The Labute approximate surface area is 403 Å². The Balaban J connectivity index is 4.59. The number of rotatable bonds is 44. The van der Waals surface area contributed by atoms with E-state index in [1.54, 1.807) is 0 Å². The van der Waals surface area contributed by atoms with Gasteiger partial charge in [-0.15, -0.1) is 0 Å². The minimum Gasteiger partial charge on any atom is -0.479 e. The first-order chi connectivity index (χ1) is 29.9. The Kier molecular flexibility index (Phi) is 50.4. The van der Waals surface area contributed by atoms with Crippen molar-refractivity contribution in [3.05, 3.63) is 0 Å². The maximum absolute atomic E-state index is 6.05. The van der Waals surface area contributed by atoms with E-state index >= 15 is 0 Å². The van der Waals surface area contributed by atoms with Crippen LogP contribution < -0.4 is 0 Å². The van der Waals surface area contributed by atoms with Crippen molar-refractivity contribution in [2.45, 2.75) is 39.9 Å². The zero-order chi connectivity index (χ0) is 44.7. The van der Waals surface area contributed by atoms with Gasteiger partial charge in [-0.3, -0.25) is 0 Å². The van der Waals surface area contributed by atoms with Gasteiger partial charge in [0.2, 0.25) is 17.5 Å². The van der Waals surface area contributed by atoms with Crippen LogP contribution in [0.15, 0.2) is 0 Å². The second-order valence-electron chi connectivity index (χ2n) is 11.5. The summed E-state index contributed by atoms with van der Waals surface area (Å²) in [6.07, 6.45) is -0.607. The average Bonchev–Trinajstić information content (AvgIpc) is 3.23. The van der Waals surface area contributed by atoms with E-state index in [4.69, 9.17) is 120 Å². The van der Waals surface area contributed by atoms with Crippen molar-refractivity contribution in [3.63, 3.8) is 0 Å².